The first-order valence-corrected chi connectivity index (χ1v) is 8.07. The quantitative estimate of drug-likeness (QED) is 0.814. The Bertz CT molecular complexity index is 584. The van der Waals surface area contributed by atoms with Crippen molar-refractivity contribution in [2.24, 2.45) is 5.73 Å². The van der Waals surface area contributed by atoms with Gasteiger partial charge < -0.3 is 5.73 Å². The molecule has 0 radical (unpaired) electrons. The van der Waals surface area contributed by atoms with Crippen LogP contribution in [0.4, 0.5) is 0 Å². The summed E-state index contributed by atoms with van der Waals surface area (Å²) in [6.45, 7) is 2.40. The molecule has 2 rings (SSSR count). The molecule has 106 valence electrons. The van der Waals surface area contributed by atoms with E-state index in [2.05, 4.69) is 80.2 Å². The second-order valence-corrected chi connectivity index (χ2v) is 6.70. The van der Waals surface area contributed by atoms with Gasteiger partial charge in [-0.05, 0) is 41.9 Å². The van der Waals surface area contributed by atoms with Crippen molar-refractivity contribution < 1.29 is 0 Å². The van der Waals surface area contributed by atoms with Gasteiger partial charge in [0.1, 0.15) is 0 Å². The summed E-state index contributed by atoms with van der Waals surface area (Å²) in [6, 6.07) is 14.8. The minimum absolute atomic E-state index is 0.576. The lowest BCUT2D eigenvalue weighted by atomic mass is 10.1. The minimum atomic E-state index is 0.576. The fourth-order valence-corrected chi connectivity index (χ4v) is 3.14. The van der Waals surface area contributed by atoms with Gasteiger partial charge in [0.25, 0.3) is 0 Å². The maximum Gasteiger partial charge on any atom is 0.0245 e. The van der Waals surface area contributed by atoms with E-state index in [1.807, 2.05) is 6.07 Å². The van der Waals surface area contributed by atoms with Crippen LogP contribution in [0.25, 0.3) is 0 Å². The van der Waals surface area contributed by atoms with Crippen LogP contribution < -0.4 is 5.73 Å². The molecule has 0 saturated carbocycles. The van der Waals surface area contributed by atoms with Crippen LogP contribution >= 0.6 is 31.9 Å². The lowest BCUT2D eigenvalue weighted by Gasteiger charge is -2.18. The number of hydrogen-bond acceptors (Lipinski definition) is 2. The molecule has 20 heavy (non-hydrogen) atoms. The van der Waals surface area contributed by atoms with Crippen molar-refractivity contribution in [2.75, 3.05) is 7.05 Å². The molecule has 0 fully saturated rings. The van der Waals surface area contributed by atoms with E-state index in [1.54, 1.807) is 0 Å². The summed E-state index contributed by atoms with van der Waals surface area (Å²) in [5.41, 5.74) is 9.38. The second kappa shape index (κ2) is 7.36. The molecule has 0 heterocycles. The SMILES string of the molecule is CN(Cc1cccc(Br)c1)Cc1ccc(CN)cc1Br. The third-order valence-corrected chi connectivity index (χ3v) is 4.37. The van der Waals surface area contributed by atoms with Crippen LogP contribution in [-0.2, 0) is 19.6 Å². The molecule has 4 heteroatoms. The molecule has 0 aromatic heterocycles. The van der Waals surface area contributed by atoms with Crippen LogP contribution in [0.5, 0.6) is 0 Å². The van der Waals surface area contributed by atoms with E-state index in [0.717, 1.165) is 27.6 Å². The first-order valence-electron chi connectivity index (χ1n) is 6.49. The van der Waals surface area contributed by atoms with Crippen molar-refractivity contribution in [3.8, 4) is 0 Å². The molecular weight excluding hydrogens is 380 g/mol. The Morgan fingerprint density at radius 1 is 1.00 bits per heavy atom. The van der Waals surface area contributed by atoms with E-state index >= 15 is 0 Å². The molecule has 2 aromatic rings. The van der Waals surface area contributed by atoms with Gasteiger partial charge in [-0.25, -0.2) is 0 Å². The van der Waals surface area contributed by atoms with Crippen molar-refractivity contribution in [3.05, 3.63) is 68.1 Å². The van der Waals surface area contributed by atoms with Crippen molar-refractivity contribution in [2.45, 2.75) is 19.6 Å². The summed E-state index contributed by atoms with van der Waals surface area (Å²) in [5.74, 6) is 0. The van der Waals surface area contributed by atoms with Crippen LogP contribution in [0.3, 0.4) is 0 Å². The number of nitrogens with zero attached hydrogens (tertiary/aromatic N) is 1. The highest BCUT2D eigenvalue weighted by Gasteiger charge is 2.06. The molecular formula is C16H18Br2N2. The highest BCUT2D eigenvalue weighted by atomic mass is 79.9. The number of halogens is 2. The molecule has 0 unspecified atom stereocenters. The Kier molecular flexibility index (Phi) is 5.78. The zero-order valence-electron chi connectivity index (χ0n) is 11.4. The summed E-state index contributed by atoms with van der Waals surface area (Å²) < 4.78 is 2.25. The lowest BCUT2D eigenvalue weighted by molar-refractivity contribution is 0.318. The molecule has 2 N–H and O–H groups in total. The maximum absolute atomic E-state index is 5.65. The van der Waals surface area contributed by atoms with Crippen LogP contribution in [0.1, 0.15) is 16.7 Å². The van der Waals surface area contributed by atoms with Gasteiger partial charge in [-0.15, -0.1) is 0 Å². The van der Waals surface area contributed by atoms with Crippen LogP contribution in [0.15, 0.2) is 51.4 Å². The predicted molar refractivity (Wildman–Crippen MR) is 91.3 cm³/mol. The standard InChI is InChI=1S/C16H18Br2N2/c1-20(10-13-3-2-4-15(17)7-13)11-14-6-5-12(9-19)8-16(14)18/h2-8H,9-11,19H2,1H3. The molecule has 0 atom stereocenters. The Labute approximate surface area is 137 Å². The molecule has 0 spiro atoms. The number of nitrogens with two attached hydrogens (primary N) is 1. The number of hydrogen-bond donors (Lipinski definition) is 1. The smallest absolute Gasteiger partial charge is 0.0245 e. The molecule has 0 bridgehead atoms. The van der Waals surface area contributed by atoms with Gasteiger partial charge in [0.15, 0.2) is 0 Å². The Morgan fingerprint density at radius 2 is 1.80 bits per heavy atom. The van der Waals surface area contributed by atoms with Gasteiger partial charge in [0.2, 0.25) is 0 Å². The average Bonchev–Trinajstić information content (AvgIpc) is 2.41. The van der Waals surface area contributed by atoms with Gasteiger partial charge in [-0.3, -0.25) is 4.90 Å². The lowest BCUT2D eigenvalue weighted by Crippen LogP contribution is -2.17. The summed E-state index contributed by atoms with van der Waals surface area (Å²) in [7, 11) is 2.13. The fraction of sp³-hybridized carbons (Fsp3) is 0.250. The zero-order chi connectivity index (χ0) is 14.5. The third kappa shape index (κ3) is 4.42. The molecule has 2 aromatic carbocycles. The Morgan fingerprint density at radius 3 is 2.45 bits per heavy atom. The zero-order valence-corrected chi connectivity index (χ0v) is 14.6. The number of rotatable bonds is 5. The van der Waals surface area contributed by atoms with E-state index in [-0.39, 0.29) is 0 Å². The first kappa shape index (κ1) is 15.7. The Hall–Kier alpha value is -0.680. The fourth-order valence-electron chi connectivity index (χ4n) is 2.14. The van der Waals surface area contributed by atoms with Gasteiger partial charge in [-0.1, -0.05) is 56.1 Å². The molecule has 2 nitrogen and oxygen atoms in total. The predicted octanol–water partition coefficient (Wildman–Crippen LogP) is 4.30. The van der Waals surface area contributed by atoms with Gasteiger partial charge in [-0.2, -0.15) is 0 Å². The van der Waals surface area contributed by atoms with Crippen molar-refractivity contribution in [3.63, 3.8) is 0 Å². The van der Waals surface area contributed by atoms with Crippen molar-refractivity contribution >= 4 is 31.9 Å². The minimum Gasteiger partial charge on any atom is -0.326 e. The number of benzene rings is 2. The van der Waals surface area contributed by atoms with Gasteiger partial charge in [0.05, 0.1) is 0 Å². The highest BCUT2D eigenvalue weighted by molar-refractivity contribution is 9.10. The third-order valence-electron chi connectivity index (χ3n) is 3.13. The van der Waals surface area contributed by atoms with E-state index in [0.29, 0.717) is 6.54 Å². The molecule has 0 amide bonds. The average molecular weight is 398 g/mol. The summed E-state index contributed by atoms with van der Waals surface area (Å²) in [4.78, 5) is 2.30. The molecule has 0 aliphatic carbocycles. The van der Waals surface area contributed by atoms with Crippen molar-refractivity contribution in [1.29, 1.82) is 0 Å². The first-order chi connectivity index (χ1) is 9.58. The van der Waals surface area contributed by atoms with Crippen LogP contribution in [0.2, 0.25) is 0 Å². The largest absolute Gasteiger partial charge is 0.326 e. The summed E-state index contributed by atoms with van der Waals surface area (Å²) >= 11 is 7.13. The monoisotopic (exact) mass is 396 g/mol. The molecule has 0 aliphatic heterocycles. The van der Waals surface area contributed by atoms with E-state index in [9.17, 15) is 0 Å². The topological polar surface area (TPSA) is 29.3 Å². The van der Waals surface area contributed by atoms with Gasteiger partial charge >= 0.3 is 0 Å². The Balaban J connectivity index is 2.02. The van der Waals surface area contributed by atoms with E-state index < -0.39 is 0 Å². The maximum atomic E-state index is 5.65. The van der Waals surface area contributed by atoms with Gasteiger partial charge in [0, 0.05) is 28.6 Å². The summed E-state index contributed by atoms with van der Waals surface area (Å²) in [5, 5.41) is 0. The summed E-state index contributed by atoms with van der Waals surface area (Å²) in [6.07, 6.45) is 0. The normalized spacial score (nSPS) is 11.1. The van der Waals surface area contributed by atoms with Crippen LogP contribution in [0, 0.1) is 0 Å². The molecule has 0 saturated heterocycles. The van der Waals surface area contributed by atoms with E-state index in [1.165, 1.54) is 11.1 Å². The highest BCUT2D eigenvalue weighted by Crippen LogP contribution is 2.21. The molecule has 0 aliphatic rings. The second-order valence-electron chi connectivity index (χ2n) is 4.93. The van der Waals surface area contributed by atoms with Crippen molar-refractivity contribution in [1.82, 2.24) is 4.90 Å². The van der Waals surface area contributed by atoms with E-state index in [4.69, 9.17) is 5.73 Å². The van der Waals surface area contributed by atoms with Crippen LogP contribution in [-0.4, -0.2) is 11.9 Å².